The molecule has 0 saturated carbocycles. The van der Waals surface area contributed by atoms with Crippen LogP contribution in [-0.4, -0.2) is 45.9 Å². The molecule has 0 unspecified atom stereocenters. The molecule has 124 valence electrons. The number of hydrogen-bond donors (Lipinski definition) is 1. The van der Waals surface area contributed by atoms with Crippen molar-refractivity contribution in [2.45, 2.75) is 25.9 Å². The van der Waals surface area contributed by atoms with Gasteiger partial charge in [-0.15, -0.1) is 0 Å². The Balaban J connectivity index is 1.67. The van der Waals surface area contributed by atoms with Crippen molar-refractivity contribution in [3.8, 4) is 0 Å². The molecule has 6 nitrogen and oxygen atoms in total. The van der Waals surface area contributed by atoms with Crippen LogP contribution >= 0.6 is 11.8 Å². The second kappa shape index (κ2) is 5.66. The topological polar surface area (TPSA) is 79.0 Å². The average molecular weight is 342 g/mol. The van der Waals surface area contributed by atoms with Gasteiger partial charge in [-0.05, 0) is 29.8 Å². The summed E-state index contributed by atoms with van der Waals surface area (Å²) in [5, 5.41) is 0.879. The molecule has 7 heteroatoms. The van der Waals surface area contributed by atoms with Crippen molar-refractivity contribution in [2.24, 2.45) is 10.7 Å². The number of nitrogens with zero attached hydrogens (tertiary/aromatic N) is 3. The SMILES string of the molecule is CC1=C(C(=O)N2Cc3ccccc3C[C@H]2C(N)=O)SC2=NCCN21. The van der Waals surface area contributed by atoms with Gasteiger partial charge in [-0.2, -0.15) is 0 Å². The van der Waals surface area contributed by atoms with Gasteiger partial charge in [-0.3, -0.25) is 14.6 Å². The minimum Gasteiger partial charge on any atom is -0.368 e. The number of rotatable bonds is 2. The van der Waals surface area contributed by atoms with Gasteiger partial charge in [0, 0.05) is 25.2 Å². The van der Waals surface area contributed by atoms with Crippen LogP contribution < -0.4 is 5.73 Å². The molecule has 0 radical (unpaired) electrons. The quantitative estimate of drug-likeness (QED) is 0.872. The smallest absolute Gasteiger partial charge is 0.263 e. The standard InChI is InChI=1S/C17H18N4O2S/c1-10-14(24-17-19-6-7-20(10)17)16(23)21-9-12-5-3-2-4-11(12)8-13(21)15(18)22/h2-5,13H,6-9H2,1H3,(H2,18,22)/t13-/m0/s1. The number of amides is 2. The molecule has 1 atom stereocenters. The number of nitrogens with two attached hydrogens (primary N) is 1. The summed E-state index contributed by atoms with van der Waals surface area (Å²) >= 11 is 1.40. The minimum atomic E-state index is -0.606. The molecule has 3 aliphatic rings. The van der Waals surface area contributed by atoms with E-state index in [0.717, 1.165) is 35.1 Å². The van der Waals surface area contributed by atoms with Crippen LogP contribution in [0.1, 0.15) is 18.1 Å². The number of carbonyl (C=O) groups is 2. The molecule has 2 amide bonds. The fourth-order valence-corrected chi connectivity index (χ4v) is 4.57. The maximum Gasteiger partial charge on any atom is 0.263 e. The van der Waals surface area contributed by atoms with Crippen molar-refractivity contribution in [3.05, 3.63) is 46.0 Å². The Hall–Kier alpha value is -2.28. The van der Waals surface area contributed by atoms with Crippen LogP contribution in [0.2, 0.25) is 0 Å². The lowest BCUT2D eigenvalue weighted by Crippen LogP contribution is -2.51. The van der Waals surface area contributed by atoms with Gasteiger partial charge in [0.15, 0.2) is 5.17 Å². The molecular formula is C17H18N4O2S. The van der Waals surface area contributed by atoms with E-state index in [1.807, 2.05) is 31.2 Å². The highest BCUT2D eigenvalue weighted by Crippen LogP contribution is 2.38. The number of allylic oxidation sites excluding steroid dienone is 1. The third kappa shape index (κ3) is 2.31. The van der Waals surface area contributed by atoms with Crippen LogP contribution in [0, 0.1) is 0 Å². The molecule has 1 aromatic carbocycles. The molecule has 24 heavy (non-hydrogen) atoms. The Morgan fingerprint density at radius 2 is 2.04 bits per heavy atom. The monoisotopic (exact) mass is 342 g/mol. The van der Waals surface area contributed by atoms with Gasteiger partial charge in [0.1, 0.15) is 6.04 Å². The Kier molecular flexibility index (Phi) is 3.60. The van der Waals surface area contributed by atoms with Crippen molar-refractivity contribution in [1.29, 1.82) is 0 Å². The molecule has 4 rings (SSSR count). The number of amidine groups is 1. The Morgan fingerprint density at radius 1 is 1.29 bits per heavy atom. The molecule has 0 fully saturated rings. The number of fused-ring (bicyclic) bond motifs is 2. The van der Waals surface area contributed by atoms with Crippen LogP contribution in [0.4, 0.5) is 0 Å². The summed E-state index contributed by atoms with van der Waals surface area (Å²) in [6, 6.07) is 7.28. The van der Waals surface area contributed by atoms with Gasteiger partial charge in [-0.25, -0.2) is 0 Å². The molecule has 3 heterocycles. The zero-order chi connectivity index (χ0) is 16.8. The number of thioether (sulfide) groups is 1. The summed E-state index contributed by atoms with van der Waals surface area (Å²) in [7, 11) is 0. The minimum absolute atomic E-state index is 0.132. The van der Waals surface area contributed by atoms with Crippen molar-refractivity contribution in [2.75, 3.05) is 13.1 Å². The average Bonchev–Trinajstić information content (AvgIpc) is 3.16. The fourth-order valence-electron chi connectivity index (χ4n) is 3.43. The lowest BCUT2D eigenvalue weighted by Gasteiger charge is -2.35. The van der Waals surface area contributed by atoms with E-state index in [-0.39, 0.29) is 5.91 Å². The third-order valence-corrected chi connectivity index (χ3v) is 5.97. The first-order valence-electron chi connectivity index (χ1n) is 7.94. The molecule has 0 spiro atoms. The lowest BCUT2D eigenvalue weighted by molar-refractivity contribution is -0.137. The first-order chi connectivity index (χ1) is 11.6. The summed E-state index contributed by atoms with van der Waals surface area (Å²) < 4.78 is 0. The van der Waals surface area contributed by atoms with E-state index in [0.29, 0.717) is 17.9 Å². The van der Waals surface area contributed by atoms with Gasteiger partial charge < -0.3 is 15.5 Å². The fraction of sp³-hybridized carbons (Fsp3) is 0.353. The molecule has 0 saturated heterocycles. The van der Waals surface area contributed by atoms with E-state index in [4.69, 9.17) is 5.73 Å². The van der Waals surface area contributed by atoms with E-state index in [9.17, 15) is 9.59 Å². The normalized spacial score (nSPS) is 22.4. The molecule has 0 aromatic heterocycles. The summed E-state index contributed by atoms with van der Waals surface area (Å²) in [6.45, 7) is 3.92. The summed E-state index contributed by atoms with van der Waals surface area (Å²) in [5.41, 5.74) is 8.66. The first kappa shape index (κ1) is 15.3. The van der Waals surface area contributed by atoms with Gasteiger partial charge in [-0.1, -0.05) is 24.3 Å². The molecule has 3 aliphatic heterocycles. The van der Waals surface area contributed by atoms with Crippen LogP contribution in [0.5, 0.6) is 0 Å². The van der Waals surface area contributed by atoms with Crippen molar-refractivity contribution < 1.29 is 9.59 Å². The maximum atomic E-state index is 13.1. The number of carbonyl (C=O) groups excluding carboxylic acids is 2. The Morgan fingerprint density at radius 3 is 2.75 bits per heavy atom. The predicted molar refractivity (Wildman–Crippen MR) is 93.0 cm³/mol. The second-order valence-corrected chi connectivity index (χ2v) is 7.13. The summed E-state index contributed by atoms with van der Waals surface area (Å²) in [4.78, 5) is 33.8. The summed E-state index contributed by atoms with van der Waals surface area (Å²) in [6.07, 6.45) is 0.471. The third-order valence-electron chi connectivity index (χ3n) is 4.76. The maximum absolute atomic E-state index is 13.1. The second-order valence-electron chi connectivity index (χ2n) is 6.16. The highest BCUT2D eigenvalue weighted by atomic mass is 32.2. The highest BCUT2D eigenvalue weighted by molar-refractivity contribution is 8.18. The van der Waals surface area contributed by atoms with Crippen LogP contribution in [0.25, 0.3) is 0 Å². The van der Waals surface area contributed by atoms with Crippen LogP contribution in [0.15, 0.2) is 39.9 Å². The lowest BCUT2D eigenvalue weighted by atomic mass is 9.93. The number of primary amides is 1. The molecule has 0 bridgehead atoms. The van der Waals surface area contributed by atoms with E-state index in [2.05, 4.69) is 9.89 Å². The van der Waals surface area contributed by atoms with Gasteiger partial charge in [0.05, 0.1) is 11.4 Å². The molecular weight excluding hydrogens is 324 g/mol. The predicted octanol–water partition coefficient (Wildman–Crippen LogP) is 1.08. The number of hydrogen-bond acceptors (Lipinski definition) is 5. The Labute approximate surface area is 144 Å². The number of benzene rings is 1. The van der Waals surface area contributed by atoms with E-state index >= 15 is 0 Å². The van der Waals surface area contributed by atoms with Crippen molar-refractivity contribution in [3.63, 3.8) is 0 Å². The summed E-state index contributed by atoms with van der Waals surface area (Å²) in [5.74, 6) is -0.593. The van der Waals surface area contributed by atoms with Crippen molar-refractivity contribution >= 4 is 28.7 Å². The molecule has 1 aromatic rings. The van der Waals surface area contributed by atoms with Gasteiger partial charge in [0.2, 0.25) is 5.91 Å². The molecule has 2 N–H and O–H groups in total. The van der Waals surface area contributed by atoms with Gasteiger partial charge >= 0.3 is 0 Å². The molecule has 0 aliphatic carbocycles. The first-order valence-corrected chi connectivity index (χ1v) is 8.75. The highest BCUT2D eigenvalue weighted by Gasteiger charge is 2.39. The van der Waals surface area contributed by atoms with E-state index in [1.165, 1.54) is 11.8 Å². The van der Waals surface area contributed by atoms with Crippen LogP contribution in [0.3, 0.4) is 0 Å². The van der Waals surface area contributed by atoms with E-state index in [1.54, 1.807) is 4.90 Å². The van der Waals surface area contributed by atoms with Crippen LogP contribution in [-0.2, 0) is 22.6 Å². The van der Waals surface area contributed by atoms with Crippen molar-refractivity contribution in [1.82, 2.24) is 9.80 Å². The zero-order valence-corrected chi connectivity index (χ0v) is 14.2. The Bertz CT molecular complexity index is 802. The zero-order valence-electron chi connectivity index (χ0n) is 13.4. The largest absolute Gasteiger partial charge is 0.368 e. The number of aliphatic imine (C=N–C) groups is 1. The van der Waals surface area contributed by atoms with Gasteiger partial charge in [0.25, 0.3) is 5.91 Å². The van der Waals surface area contributed by atoms with E-state index < -0.39 is 11.9 Å².